The minimum Gasteiger partial charge on any atom is -0.462 e. The molecule has 0 fully saturated rings. The highest BCUT2D eigenvalue weighted by Crippen LogP contribution is 2.13. The van der Waals surface area contributed by atoms with Gasteiger partial charge in [0, 0.05) is 19.3 Å². The number of carbonyl (C=O) groups excluding carboxylic acids is 3. The van der Waals surface area contributed by atoms with Crippen LogP contribution in [0.25, 0.3) is 0 Å². The van der Waals surface area contributed by atoms with Crippen molar-refractivity contribution in [2.24, 2.45) is 0 Å². The van der Waals surface area contributed by atoms with Gasteiger partial charge in [0.05, 0.1) is 0 Å². The van der Waals surface area contributed by atoms with Crippen LogP contribution in [-0.4, -0.2) is 37.2 Å². The van der Waals surface area contributed by atoms with Gasteiger partial charge in [-0.1, -0.05) is 220 Å². The summed E-state index contributed by atoms with van der Waals surface area (Å²) in [4.78, 5) is 38.0. The number of hydrogen-bond donors (Lipinski definition) is 0. The molecule has 0 aliphatic heterocycles. The Labute approximate surface area is 412 Å². The fourth-order valence-corrected chi connectivity index (χ4v) is 7.15. The van der Waals surface area contributed by atoms with E-state index in [0.717, 1.165) is 83.5 Å². The number of esters is 3. The summed E-state index contributed by atoms with van der Waals surface area (Å²) in [5, 5.41) is 0. The molecule has 0 aromatic rings. The van der Waals surface area contributed by atoms with Gasteiger partial charge in [0.2, 0.25) is 0 Å². The van der Waals surface area contributed by atoms with E-state index in [-0.39, 0.29) is 44.0 Å². The lowest BCUT2D eigenvalue weighted by Gasteiger charge is -2.18. The van der Waals surface area contributed by atoms with Crippen LogP contribution in [0.3, 0.4) is 0 Å². The molecular formula is C61H100O6. The van der Waals surface area contributed by atoms with Crippen LogP contribution in [-0.2, 0) is 28.6 Å². The van der Waals surface area contributed by atoms with E-state index in [9.17, 15) is 14.4 Å². The van der Waals surface area contributed by atoms with Crippen LogP contribution in [0.2, 0.25) is 0 Å². The first kappa shape index (κ1) is 63.1. The highest BCUT2D eigenvalue weighted by molar-refractivity contribution is 5.71. The summed E-state index contributed by atoms with van der Waals surface area (Å²) in [5.74, 6) is -1.06. The summed E-state index contributed by atoms with van der Waals surface area (Å²) in [5.41, 5.74) is 0. The number of rotatable bonds is 48. The van der Waals surface area contributed by atoms with Crippen LogP contribution >= 0.6 is 0 Å². The molecule has 0 saturated heterocycles. The van der Waals surface area contributed by atoms with Crippen LogP contribution in [0.1, 0.15) is 239 Å². The smallest absolute Gasteiger partial charge is 0.306 e. The molecule has 0 rings (SSSR count). The van der Waals surface area contributed by atoms with Crippen molar-refractivity contribution < 1.29 is 28.6 Å². The molecular weight excluding hydrogens is 829 g/mol. The van der Waals surface area contributed by atoms with E-state index in [1.54, 1.807) is 0 Å². The molecule has 0 spiro atoms. The predicted octanol–water partition coefficient (Wildman–Crippen LogP) is 18.3. The third-order valence-corrected chi connectivity index (χ3v) is 11.2. The zero-order chi connectivity index (χ0) is 48.6. The van der Waals surface area contributed by atoms with E-state index in [2.05, 4.69) is 124 Å². The molecule has 1 atom stereocenters. The molecule has 0 amide bonds. The van der Waals surface area contributed by atoms with Crippen LogP contribution < -0.4 is 0 Å². The van der Waals surface area contributed by atoms with Crippen molar-refractivity contribution in [3.63, 3.8) is 0 Å². The predicted molar refractivity (Wildman–Crippen MR) is 288 cm³/mol. The molecule has 6 nitrogen and oxygen atoms in total. The Bertz CT molecular complexity index is 1390. The zero-order valence-corrected chi connectivity index (χ0v) is 43.4. The van der Waals surface area contributed by atoms with Crippen molar-refractivity contribution in [2.75, 3.05) is 13.2 Å². The Kier molecular flexibility index (Phi) is 51.5. The van der Waals surface area contributed by atoms with Gasteiger partial charge < -0.3 is 14.2 Å². The van der Waals surface area contributed by atoms with Gasteiger partial charge in [0.25, 0.3) is 0 Å². The van der Waals surface area contributed by atoms with E-state index in [1.807, 2.05) is 6.08 Å². The van der Waals surface area contributed by atoms with Gasteiger partial charge >= 0.3 is 17.9 Å². The topological polar surface area (TPSA) is 78.9 Å². The van der Waals surface area contributed by atoms with E-state index in [1.165, 1.54) is 103 Å². The second kappa shape index (κ2) is 54.7. The normalized spacial score (nSPS) is 12.9. The second-order valence-electron chi connectivity index (χ2n) is 17.7. The Balaban J connectivity index is 4.52. The van der Waals surface area contributed by atoms with Crippen molar-refractivity contribution in [2.45, 2.75) is 245 Å². The second-order valence-corrected chi connectivity index (χ2v) is 17.7. The number of carbonyl (C=O) groups is 3. The third kappa shape index (κ3) is 52.9. The van der Waals surface area contributed by atoms with Gasteiger partial charge in [-0.2, -0.15) is 0 Å². The molecule has 0 bridgehead atoms. The average Bonchev–Trinajstić information content (AvgIpc) is 3.33. The van der Waals surface area contributed by atoms with Crippen LogP contribution in [0, 0.1) is 0 Å². The minimum absolute atomic E-state index is 0.121. The molecule has 1 unspecified atom stereocenters. The molecule has 67 heavy (non-hydrogen) atoms. The molecule has 0 radical (unpaired) electrons. The Morgan fingerprint density at radius 1 is 0.313 bits per heavy atom. The first-order valence-corrected chi connectivity index (χ1v) is 27.4. The van der Waals surface area contributed by atoms with Gasteiger partial charge in [-0.3, -0.25) is 14.4 Å². The van der Waals surface area contributed by atoms with Crippen molar-refractivity contribution in [3.05, 3.63) is 109 Å². The summed E-state index contributed by atoms with van der Waals surface area (Å²) in [6.07, 6.45) is 73.8. The van der Waals surface area contributed by atoms with Gasteiger partial charge in [-0.05, 0) is 109 Å². The first-order chi connectivity index (χ1) is 33.0. The lowest BCUT2D eigenvalue weighted by atomic mass is 10.1. The Hall–Kier alpha value is -3.93. The molecule has 0 heterocycles. The fraction of sp³-hybridized carbons (Fsp3) is 0.656. The first-order valence-electron chi connectivity index (χ1n) is 27.4. The van der Waals surface area contributed by atoms with Crippen molar-refractivity contribution in [1.82, 2.24) is 0 Å². The maximum atomic E-state index is 12.8. The lowest BCUT2D eigenvalue weighted by Crippen LogP contribution is -2.30. The fourth-order valence-electron chi connectivity index (χ4n) is 7.15. The summed E-state index contributed by atoms with van der Waals surface area (Å²) in [6.45, 7) is 6.38. The van der Waals surface area contributed by atoms with E-state index < -0.39 is 6.10 Å². The van der Waals surface area contributed by atoms with E-state index in [0.29, 0.717) is 19.3 Å². The number of allylic oxidation sites excluding steroid dienone is 18. The van der Waals surface area contributed by atoms with Gasteiger partial charge in [0.1, 0.15) is 13.2 Å². The minimum atomic E-state index is -0.833. The number of ether oxygens (including phenoxy) is 3. The standard InChI is InChI=1S/C61H100O6/c1-4-7-10-13-16-19-22-25-27-29-30-32-33-36-39-42-45-48-51-54-60(63)66-57-58(56-65-59(62)53-50-47-44-41-38-35-24-21-18-15-12-9-6-3)67-61(64)55-52-49-46-43-40-37-34-31-28-26-23-20-17-14-11-8-5-2/h7,10,16-17,19-20,25-28,34-35,37-38,43-44,46-47,58H,4-6,8-9,11-15,18,21-24,29-33,36,39-42,45,48-57H2,1-3H3/b10-7+,19-16+,20-17+,27-25+,28-26+,37-34+,38-35+,46-43+,47-44+. The molecule has 0 saturated carbocycles. The van der Waals surface area contributed by atoms with Crippen molar-refractivity contribution in [1.29, 1.82) is 0 Å². The number of unbranched alkanes of at least 4 members (excludes halogenated alkanes) is 19. The van der Waals surface area contributed by atoms with Gasteiger partial charge in [-0.15, -0.1) is 0 Å². The lowest BCUT2D eigenvalue weighted by molar-refractivity contribution is -0.166. The zero-order valence-electron chi connectivity index (χ0n) is 43.4. The summed E-state index contributed by atoms with van der Waals surface area (Å²) in [7, 11) is 0. The number of hydrogen-bond acceptors (Lipinski definition) is 6. The molecule has 6 heteroatoms. The highest BCUT2D eigenvalue weighted by Gasteiger charge is 2.19. The third-order valence-electron chi connectivity index (χ3n) is 11.2. The average molecular weight is 929 g/mol. The maximum absolute atomic E-state index is 12.8. The van der Waals surface area contributed by atoms with Gasteiger partial charge in [0.15, 0.2) is 6.10 Å². The van der Waals surface area contributed by atoms with Crippen LogP contribution in [0.15, 0.2) is 109 Å². The van der Waals surface area contributed by atoms with Gasteiger partial charge in [-0.25, -0.2) is 0 Å². The molecule has 0 aliphatic carbocycles. The van der Waals surface area contributed by atoms with Crippen molar-refractivity contribution >= 4 is 17.9 Å². The molecule has 0 aromatic carbocycles. The SMILES string of the molecule is CC/C=C/C/C=C/C/C=C/CCCCCCCCCCCC(=O)OCC(COC(=O)CC/C=C/C/C=C/CCCCCCCC)OC(=O)CCC/C=C/C/C=C/C/C=C/C/C=C/CCCCC. The maximum Gasteiger partial charge on any atom is 0.306 e. The van der Waals surface area contributed by atoms with E-state index in [4.69, 9.17) is 14.2 Å². The monoisotopic (exact) mass is 929 g/mol. The summed E-state index contributed by atoms with van der Waals surface area (Å²) >= 11 is 0. The Morgan fingerprint density at radius 3 is 1.07 bits per heavy atom. The Morgan fingerprint density at radius 2 is 0.627 bits per heavy atom. The highest BCUT2D eigenvalue weighted by atomic mass is 16.6. The van der Waals surface area contributed by atoms with Crippen LogP contribution in [0.4, 0.5) is 0 Å². The van der Waals surface area contributed by atoms with E-state index >= 15 is 0 Å². The molecule has 0 N–H and O–H groups in total. The molecule has 0 aliphatic rings. The largest absolute Gasteiger partial charge is 0.462 e. The van der Waals surface area contributed by atoms with Crippen molar-refractivity contribution in [3.8, 4) is 0 Å². The molecule has 0 aromatic heterocycles. The summed E-state index contributed by atoms with van der Waals surface area (Å²) in [6, 6.07) is 0. The van der Waals surface area contributed by atoms with Crippen LogP contribution in [0.5, 0.6) is 0 Å². The summed E-state index contributed by atoms with van der Waals surface area (Å²) < 4.78 is 16.7. The quantitative estimate of drug-likeness (QED) is 0.0262. The molecule has 380 valence electrons.